The molecule has 3 aliphatic heterocycles. The molecule has 0 saturated carbocycles. The van der Waals surface area contributed by atoms with E-state index in [-0.39, 0.29) is 17.1 Å². The highest BCUT2D eigenvalue weighted by molar-refractivity contribution is 5.91. The molecule has 0 aliphatic carbocycles. The van der Waals surface area contributed by atoms with Gasteiger partial charge < -0.3 is 28.4 Å². The van der Waals surface area contributed by atoms with Crippen LogP contribution in [0, 0.1) is 11.8 Å². The zero-order valence-corrected chi connectivity index (χ0v) is 21.1. The van der Waals surface area contributed by atoms with Crippen LogP contribution in [0.2, 0.25) is 0 Å². The van der Waals surface area contributed by atoms with E-state index in [1.165, 1.54) is 0 Å². The molecule has 208 valence electrons. The molecule has 2 aromatic rings. The quantitative estimate of drug-likeness (QED) is 0.353. The fourth-order valence-electron chi connectivity index (χ4n) is 4.90. The average molecular weight is 550 g/mol. The van der Waals surface area contributed by atoms with Crippen molar-refractivity contribution in [3.8, 4) is 17.2 Å². The van der Waals surface area contributed by atoms with Crippen molar-refractivity contribution >= 4 is 17.9 Å². The first-order chi connectivity index (χ1) is 18.4. The van der Waals surface area contributed by atoms with Crippen LogP contribution in [0.15, 0.2) is 48.5 Å². The molecular formula is C27H25F3O9. The summed E-state index contributed by atoms with van der Waals surface area (Å²) in [5.41, 5.74) is -1.01. The van der Waals surface area contributed by atoms with E-state index in [9.17, 15) is 27.6 Å². The molecule has 0 spiro atoms. The van der Waals surface area contributed by atoms with Gasteiger partial charge in [-0.1, -0.05) is 25.1 Å². The Balaban J connectivity index is 1.37. The van der Waals surface area contributed by atoms with Gasteiger partial charge in [-0.05, 0) is 50.6 Å². The SMILES string of the molecule is CCC(C)(C)Oc1cc(C(=O)OC2C3OC(=O)C4C3OC2C4C(=O)Oc2ccccc2)ccc1OC(F)(F)F. The van der Waals surface area contributed by atoms with Crippen LogP contribution in [-0.2, 0) is 23.8 Å². The summed E-state index contributed by atoms with van der Waals surface area (Å²) in [6, 6.07) is 11.4. The number of hydrogen-bond donors (Lipinski definition) is 0. The van der Waals surface area contributed by atoms with E-state index >= 15 is 0 Å². The minimum Gasteiger partial charge on any atom is -0.484 e. The first-order valence-electron chi connectivity index (χ1n) is 12.3. The predicted octanol–water partition coefficient (Wildman–Crippen LogP) is 4.22. The lowest BCUT2D eigenvalue weighted by Gasteiger charge is -2.28. The zero-order valence-electron chi connectivity index (χ0n) is 21.1. The molecule has 0 N–H and O–H groups in total. The van der Waals surface area contributed by atoms with Crippen molar-refractivity contribution in [2.45, 2.75) is 63.6 Å². The second-order valence-corrected chi connectivity index (χ2v) is 10.0. The highest BCUT2D eigenvalue weighted by Gasteiger charge is 2.72. The minimum atomic E-state index is -4.98. The number of esters is 3. The van der Waals surface area contributed by atoms with Crippen LogP contribution in [-0.4, -0.2) is 54.3 Å². The molecule has 0 radical (unpaired) electrons. The maximum absolute atomic E-state index is 13.1. The molecule has 0 amide bonds. The van der Waals surface area contributed by atoms with Crippen LogP contribution in [0.4, 0.5) is 13.2 Å². The highest BCUT2D eigenvalue weighted by atomic mass is 19.4. The van der Waals surface area contributed by atoms with Crippen molar-refractivity contribution in [3.63, 3.8) is 0 Å². The first-order valence-corrected chi connectivity index (χ1v) is 12.3. The molecule has 6 atom stereocenters. The number of para-hydroxylation sites is 1. The van der Waals surface area contributed by atoms with Crippen molar-refractivity contribution in [2.24, 2.45) is 11.8 Å². The lowest BCUT2D eigenvalue weighted by Crippen LogP contribution is -2.48. The van der Waals surface area contributed by atoms with E-state index < -0.39 is 71.9 Å². The Kier molecular flexibility index (Phi) is 6.69. The fourth-order valence-corrected chi connectivity index (χ4v) is 4.90. The summed E-state index contributed by atoms with van der Waals surface area (Å²) < 4.78 is 70.9. The number of hydrogen-bond acceptors (Lipinski definition) is 9. The average Bonchev–Trinajstić information content (AvgIpc) is 3.48. The normalized spacial score (nSPS) is 27.2. The van der Waals surface area contributed by atoms with Gasteiger partial charge in [0.15, 0.2) is 23.7 Å². The molecule has 2 bridgehead atoms. The topological polar surface area (TPSA) is 107 Å². The third-order valence-corrected chi connectivity index (χ3v) is 7.02. The molecule has 9 nitrogen and oxygen atoms in total. The van der Waals surface area contributed by atoms with E-state index in [1.54, 1.807) is 51.1 Å². The van der Waals surface area contributed by atoms with Gasteiger partial charge in [-0.15, -0.1) is 13.2 Å². The minimum absolute atomic E-state index is 0.140. The third kappa shape index (κ3) is 5.25. The second kappa shape index (κ2) is 9.74. The van der Waals surface area contributed by atoms with E-state index in [0.717, 1.165) is 18.2 Å². The molecule has 2 aromatic carbocycles. The molecule has 0 aromatic heterocycles. The Bertz CT molecular complexity index is 1280. The van der Waals surface area contributed by atoms with Gasteiger partial charge in [0.25, 0.3) is 0 Å². The number of halogens is 3. The maximum atomic E-state index is 13.1. The number of fused-ring (bicyclic) bond motifs is 1. The summed E-state index contributed by atoms with van der Waals surface area (Å²) in [5, 5.41) is 0. The number of carbonyl (C=O) groups excluding carboxylic acids is 3. The summed E-state index contributed by atoms with van der Waals surface area (Å²) in [6.07, 6.45) is -8.42. The standard InChI is InChI=1S/C27H25F3O9/c1-4-26(2,3)38-16-12-13(10-11-15(16)39-27(28,29)30)23(31)36-21-19-17(18-20(35-19)22(21)37-25(18)33)24(32)34-14-8-6-5-7-9-14/h5-12,17-22H,4H2,1-3H3. The largest absolute Gasteiger partial charge is 0.573 e. The summed E-state index contributed by atoms with van der Waals surface area (Å²) >= 11 is 0. The summed E-state index contributed by atoms with van der Waals surface area (Å²) in [7, 11) is 0. The van der Waals surface area contributed by atoms with E-state index in [2.05, 4.69) is 4.74 Å². The van der Waals surface area contributed by atoms with Crippen molar-refractivity contribution in [3.05, 3.63) is 54.1 Å². The fraction of sp³-hybridized carbons (Fsp3) is 0.444. The van der Waals surface area contributed by atoms with Gasteiger partial charge in [-0.3, -0.25) is 9.59 Å². The van der Waals surface area contributed by atoms with Gasteiger partial charge in [0.05, 0.1) is 5.56 Å². The van der Waals surface area contributed by atoms with Crippen LogP contribution in [0.5, 0.6) is 17.2 Å². The lowest BCUT2D eigenvalue weighted by molar-refractivity contribution is -0.275. The monoisotopic (exact) mass is 550 g/mol. The van der Waals surface area contributed by atoms with Gasteiger partial charge in [0.1, 0.15) is 35.4 Å². The van der Waals surface area contributed by atoms with Crippen LogP contribution in [0.25, 0.3) is 0 Å². The Morgan fingerprint density at radius 3 is 2.33 bits per heavy atom. The molecular weight excluding hydrogens is 525 g/mol. The number of carbonyl (C=O) groups is 3. The third-order valence-electron chi connectivity index (χ3n) is 7.02. The van der Waals surface area contributed by atoms with Crippen LogP contribution < -0.4 is 14.2 Å². The smallest absolute Gasteiger partial charge is 0.484 e. The van der Waals surface area contributed by atoms with Gasteiger partial charge in [-0.25, -0.2) is 4.79 Å². The van der Waals surface area contributed by atoms with Crippen molar-refractivity contribution in [1.82, 2.24) is 0 Å². The van der Waals surface area contributed by atoms with Gasteiger partial charge in [0.2, 0.25) is 0 Å². The Morgan fingerprint density at radius 1 is 0.949 bits per heavy atom. The lowest BCUT2D eigenvalue weighted by atomic mass is 9.78. The van der Waals surface area contributed by atoms with Crippen LogP contribution in [0.3, 0.4) is 0 Å². The van der Waals surface area contributed by atoms with Gasteiger partial charge >= 0.3 is 24.3 Å². The maximum Gasteiger partial charge on any atom is 0.573 e. The number of rotatable bonds is 8. The number of ether oxygens (including phenoxy) is 6. The molecule has 5 rings (SSSR count). The van der Waals surface area contributed by atoms with Crippen LogP contribution >= 0.6 is 0 Å². The van der Waals surface area contributed by atoms with E-state index in [4.69, 9.17) is 23.7 Å². The zero-order chi connectivity index (χ0) is 28.1. The highest BCUT2D eigenvalue weighted by Crippen LogP contribution is 2.51. The molecule has 6 unspecified atom stereocenters. The van der Waals surface area contributed by atoms with E-state index in [0.29, 0.717) is 6.42 Å². The van der Waals surface area contributed by atoms with Crippen molar-refractivity contribution in [1.29, 1.82) is 0 Å². The number of alkyl halides is 3. The predicted molar refractivity (Wildman–Crippen MR) is 125 cm³/mol. The molecule has 3 saturated heterocycles. The Hall–Kier alpha value is -3.80. The molecule has 39 heavy (non-hydrogen) atoms. The van der Waals surface area contributed by atoms with Gasteiger partial charge in [0, 0.05) is 0 Å². The Labute approximate surface area is 221 Å². The summed E-state index contributed by atoms with van der Waals surface area (Å²) in [4.78, 5) is 38.7. The van der Waals surface area contributed by atoms with Gasteiger partial charge in [-0.2, -0.15) is 0 Å². The molecule has 3 fully saturated rings. The van der Waals surface area contributed by atoms with Crippen molar-refractivity contribution in [2.75, 3.05) is 0 Å². The van der Waals surface area contributed by atoms with Crippen LogP contribution in [0.1, 0.15) is 37.6 Å². The molecule has 3 aliphatic rings. The van der Waals surface area contributed by atoms with Crippen molar-refractivity contribution < 1.29 is 56.0 Å². The number of benzene rings is 2. The second-order valence-electron chi connectivity index (χ2n) is 10.0. The molecule has 3 heterocycles. The summed E-state index contributed by atoms with van der Waals surface area (Å²) in [6.45, 7) is 5.12. The molecule has 12 heteroatoms. The Morgan fingerprint density at radius 2 is 1.67 bits per heavy atom. The van der Waals surface area contributed by atoms with E-state index in [1.807, 2.05) is 0 Å². The summed E-state index contributed by atoms with van der Waals surface area (Å²) in [5.74, 6) is -4.98. The first kappa shape index (κ1) is 26.8.